The molecule has 1 amide bonds. The van der Waals surface area contributed by atoms with Gasteiger partial charge < -0.3 is 9.47 Å². The van der Waals surface area contributed by atoms with E-state index in [9.17, 15) is 4.79 Å². The molecule has 2 aliphatic heterocycles. The van der Waals surface area contributed by atoms with Gasteiger partial charge in [-0.15, -0.1) is 0 Å². The molecule has 160 valence electrons. The minimum absolute atomic E-state index is 0.140. The smallest absolute Gasteiger partial charge is 0.224 e. The van der Waals surface area contributed by atoms with Crippen molar-refractivity contribution < 1.29 is 4.79 Å². The van der Waals surface area contributed by atoms with Gasteiger partial charge in [0.25, 0.3) is 0 Å². The van der Waals surface area contributed by atoms with Crippen molar-refractivity contribution in [1.82, 2.24) is 9.47 Å². The van der Waals surface area contributed by atoms with Crippen molar-refractivity contribution in [2.45, 2.75) is 44.6 Å². The van der Waals surface area contributed by atoms with Crippen molar-refractivity contribution >= 4 is 11.6 Å². The van der Waals surface area contributed by atoms with Crippen LogP contribution in [0.1, 0.15) is 43.9 Å². The molecule has 0 saturated carbocycles. The van der Waals surface area contributed by atoms with Crippen molar-refractivity contribution in [3.63, 3.8) is 0 Å². The van der Waals surface area contributed by atoms with Gasteiger partial charge in [0.15, 0.2) is 0 Å². The minimum Gasteiger partial charge on any atom is -0.317 e. The molecule has 0 atom stereocenters. The van der Waals surface area contributed by atoms with Crippen LogP contribution < -0.4 is 4.90 Å². The van der Waals surface area contributed by atoms with Gasteiger partial charge in [0.2, 0.25) is 5.91 Å². The molecule has 4 nitrogen and oxygen atoms in total. The molecule has 3 heterocycles. The van der Waals surface area contributed by atoms with Crippen LogP contribution in [-0.4, -0.2) is 35.0 Å². The number of aromatic nitrogens is 1. The predicted octanol–water partition coefficient (Wildman–Crippen LogP) is 5.16. The fourth-order valence-corrected chi connectivity index (χ4v) is 5.71. The Morgan fingerprint density at radius 3 is 2.26 bits per heavy atom. The Hall–Kier alpha value is -2.85. The molecular formula is C27H31N3O. The van der Waals surface area contributed by atoms with Crippen LogP contribution in [0.4, 0.5) is 5.69 Å². The highest BCUT2D eigenvalue weighted by molar-refractivity contribution is 5.96. The van der Waals surface area contributed by atoms with Crippen molar-refractivity contribution in [3.05, 3.63) is 84.2 Å². The molecule has 2 aliphatic rings. The zero-order chi connectivity index (χ0) is 21.3. The number of benzene rings is 2. The van der Waals surface area contributed by atoms with E-state index in [0.717, 1.165) is 63.1 Å². The highest BCUT2D eigenvalue weighted by atomic mass is 16.2. The lowest BCUT2D eigenvalue weighted by atomic mass is 9.79. The third kappa shape index (κ3) is 3.59. The molecule has 4 heteroatoms. The number of rotatable bonds is 3. The number of amides is 1. The normalized spacial score (nSPS) is 18.2. The van der Waals surface area contributed by atoms with Crippen LogP contribution >= 0.6 is 0 Å². The van der Waals surface area contributed by atoms with Crippen molar-refractivity contribution in [3.8, 4) is 5.69 Å². The van der Waals surface area contributed by atoms with E-state index in [1.165, 1.54) is 11.3 Å². The molecule has 0 radical (unpaired) electrons. The third-order valence-corrected chi connectivity index (χ3v) is 7.04. The minimum atomic E-state index is -0.255. The van der Waals surface area contributed by atoms with E-state index >= 15 is 0 Å². The maximum Gasteiger partial charge on any atom is 0.224 e. The number of likely N-dealkylation sites (tertiary alicyclic amines) is 1. The second-order valence-electron chi connectivity index (χ2n) is 8.92. The van der Waals surface area contributed by atoms with E-state index in [0.29, 0.717) is 0 Å². The number of hydrogen-bond donors (Lipinski definition) is 0. The highest BCUT2D eigenvalue weighted by Gasteiger charge is 2.46. The molecule has 1 spiro atoms. The number of hydrogen-bond acceptors (Lipinski definition) is 2. The third-order valence-electron chi connectivity index (χ3n) is 7.04. The van der Waals surface area contributed by atoms with Crippen LogP contribution in [0.15, 0.2) is 72.9 Å². The Balaban J connectivity index is 1.39. The summed E-state index contributed by atoms with van der Waals surface area (Å²) in [6, 6.07) is 23.4. The Morgan fingerprint density at radius 2 is 1.55 bits per heavy atom. The number of carbonyl (C=O) groups excluding carboxylic acids is 1. The van der Waals surface area contributed by atoms with Gasteiger partial charge in [-0.3, -0.25) is 9.69 Å². The second kappa shape index (κ2) is 8.35. The van der Waals surface area contributed by atoms with Gasteiger partial charge in [0, 0.05) is 25.4 Å². The summed E-state index contributed by atoms with van der Waals surface area (Å²) in [6.07, 6.45) is 7.41. The van der Waals surface area contributed by atoms with E-state index < -0.39 is 0 Å². The number of nitrogens with zero attached hydrogens (tertiary/aromatic N) is 3. The Morgan fingerprint density at radius 1 is 0.871 bits per heavy atom. The molecule has 1 fully saturated rings. The number of carbonyl (C=O) groups is 1. The fourth-order valence-electron chi connectivity index (χ4n) is 5.71. The summed E-state index contributed by atoms with van der Waals surface area (Å²) in [7, 11) is 0. The molecule has 0 N–H and O–H groups in total. The Bertz CT molecular complexity index is 1050. The largest absolute Gasteiger partial charge is 0.317 e. The number of anilines is 1. The fraction of sp³-hybridized carbons (Fsp3) is 0.370. The van der Waals surface area contributed by atoms with E-state index in [2.05, 4.69) is 81.2 Å². The summed E-state index contributed by atoms with van der Waals surface area (Å²) in [6.45, 7) is 5.00. The maximum absolute atomic E-state index is 13.0. The van der Waals surface area contributed by atoms with Gasteiger partial charge in [-0.1, -0.05) is 42.5 Å². The average molecular weight is 414 g/mol. The van der Waals surface area contributed by atoms with Crippen LogP contribution in [0.3, 0.4) is 0 Å². The predicted molar refractivity (Wildman–Crippen MR) is 126 cm³/mol. The first kappa shape index (κ1) is 20.1. The highest BCUT2D eigenvalue weighted by Crippen LogP contribution is 2.48. The molecule has 1 saturated heterocycles. The van der Waals surface area contributed by atoms with Gasteiger partial charge in [0.05, 0.1) is 16.9 Å². The van der Waals surface area contributed by atoms with Crippen LogP contribution in [0.5, 0.6) is 0 Å². The molecule has 5 rings (SSSR count). The summed E-state index contributed by atoms with van der Waals surface area (Å²) in [4.78, 5) is 17.7. The zero-order valence-electron chi connectivity index (χ0n) is 18.3. The topological polar surface area (TPSA) is 28.5 Å². The van der Waals surface area contributed by atoms with E-state index in [-0.39, 0.29) is 11.4 Å². The van der Waals surface area contributed by atoms with Gasteiger partial charge in [0.1, 0.15) is 0 Å². The van der Waals surface area contributed by atoms with Gasteiger partial charge in [-0.2, -0.15) is 0 Å². The number of para-hydroxylation sites is 2. The molecule has 0 unspecified atom stereocenters. The lowest BCUT2D eigenvalue weighted by Crippen LogP contribution is -2.54. The molecular weight excluding hydrogens is 382 g/mol. The molecule has 0 bridgehead atoms. The maximum atomic E-state index is 13.0. The van der Waals surface area contributed by atoms with E-state index in [1.807, 2.05) is 6.07 Å². The first-order valence-electron chi connectivity index (χ1n) is 11.5. The summed E-state index contributed by atoms with van der Waals surface area (Å²) in [5.41, 5.74) is 4.56. The molecule has 1 aromatic heterocycles. The van der Waals surface area contributed by atoms with Gasteiger partial charge in [-0.25, -0.2) is 0 Å². The summed E-state index contributed by atoms with van der Waals surface area (Å²) >= 11 is 0. The number of fused-ring (bicyclic) bond motifs is 4. The van der Waals surface area contributed by atoms with E-state index in [1.54, 1.807) is 6.92 Å². The lowest BCUT2D eigenvalue weighted by molar-refractivity contribution is -0.118. The Kier molecular flexibility index (Phi) is 5.41. The standard InChI is InChI=1S/C27H31N3O/c1-22(31)30-25-13-6-5-12-24(25)29-20-7-14-26(29)27(30)16-8-18-28(19-9-17-27)21-15-23-10-3-2-4-11-23/h2-7,10-14,20H,8-9,15-19,21H2,1H3. The SMILES string of the molecule is CC(=O)N1c2ccccc2-n2cccc2C12CCCN(CCc1ccccc1)CCC2. The zero-order valence-corrected chi connectivity index (χ0v) is 18.3. The molecule has 0 aliphatic carbocycles. The van der Waals surface area contributed by atoms with Crippen molar-refractivity contribution in [2.75, 3.05) is 24.5 Å². The van der Waals surface area contributed by atoms with Crippen molar-refractivity contribution in [2.24, 2.45) is 0 Å². The van der Waals surface area contributed by atoms with Gasteiger partial charge in [-0.05, 0) is 75.0 Å². The second-order valence-corrected chi connectivity index (χ2v) is 8.92. The monoisotopic (exact) mass is 413 g/mol. The van der Waals surface area contributed by atoms with Crippen molar-refractivity contribution in [1.29, 1.82) is 0 Å². The van der Waals surface area contributed by atoms with Crippen LogP contribution in [-0.2, 0) is 16.8 Å². The quantitative estimate of drug-likeness (QED) is 0.593. The summed E-state index contributed by atoms with van der Waals surface area (Å²) in [5, 5.41) is 0. The molecule has 31 heavy (non-hydrogen) atoms. The van der Waals surface area contributed by atoms with Crippen LogP contribution in [0.2, 0.25) is 0 Å². The van der Waals surface area contributed by atoms with Gasteiger partial charge >= 0.3 is 0 Å². The first-order valence-corrected chi connectivity index (χ1v) is 11.5. The lowest BCUT2D eigenvalue weighted by Gasteiger charge is -2.49. The van der Waals surface area contributed by atoms with Crippen LogP contribution in [0, 0.1) is 0 Å². The first-order chi connectivity index (χ1) is 15.2. The summed E-state index contributed by atoms with van der Waals surface area (Å²) < 4.78 is 2.31. The molecule has 2 aromatic carbocycles. The molecule has 3 aromatic rings. The van der Waals surface area contributed by atoms with E-state index in [4.69, 9.17) is 0 Å². The average Bonchev–Trinajstić information content (AvgIpc) is 3.27. The Labute approximate surface area is 185 Å². The summed E-state index contributed by atoms with van der Waals surface area (Å²) in [5.74, 6) is 0.140. The van der Waals surface area contributed by atoms with Crippen LogP contribution in [0.25, 0.3) is 5.69 Å².